The maximum Gasteiger partial charge on any atom is 0.270 e. The molecule has 0 saturated heterocycles. The minimum atomic E-state index is -0.930. The van der Waals surface area contributed by atoms with Crippen molar-refractivity contribution in [3.63, 3.8) is 0 Å². The Morgan fingerprint density at radius 1 is 1.27 bits per heavy atom. The van der Waals surface area contributed by atoms with Crippen LogP contribution >= 0.6 is 0 Å². The lowest BCUT2D eigenvalue weighted by Gasteiger charge is -2.30. The van der Waals surface area contributed by atoms with Crippen molar-refractivity contribution in [2.75, 3.05) is 6.54 Å². The van der Waals surface area contributed by atoms with E-state index < -0.39 is 11.6 Å². The molecule has 26 heavy (non-hydrogen) atoms. The lowest BCUT2D eigenvalue weighted by atomic mass is 9.81. The first-order valence-corrected chi connectivity index (χ1v) is 8.94. The number of hydrogen-bond acceptors (Lipinski definition) is 2. The van der Waals surface area contributed by atoms with Gasteiger partial charge in [0.25, 0.3) is 5.91 Å². The first-order chi connectivity index (χ1) is 12.6. The average Bonchev–Trinajstić information content (AvgIpc) is 3.21. The highest BCUT2D eigenvalue weighted by Crippen LogP contribution is 2.39. The maximum absolute atomic E-state index is 13.9. The molecule has 5 nitrogen and oxygen atoms in total. The number of nitrogens with zero attached hydrogens (tertiary/aromatic N) is 2. The van der Waals surface area contributed by atoms with E-state index in [0.29, 0.717) is 24.5 Å². The molecule has 1 aromatic carbocycles. The van der Waals surface area contributed by atoms with Gasteiger partial charge < -0.3 is 9.88 Å². The van der Waals surface area contributed by atoms with Crippen molar-refractivity contribution in [1.82, 2.24) is 20.1 Å². The van der Waals surface area contributed by atoms with Gasteiger partial charge in [-0.15, -0.1) is 0 Å². The van der Waals surface area contributed by atoms with Crippen LogP contribution in [0, 0.1) is 11.6 Å². The largest absolute Gasteiger partial charge is 0.350 e. The second-order valence-corrected chi connectivity index (χ2v) is 7.18. The predicted octanol–water partition coefficient (Wildman–Crippen LogP) is 3.64. The molecule has 0 atom stereocenters. The molecule has 3 aromatic rings. The number of aromatic nitrogens is 3. The Bertz CT molecular complexity index is 1020. The van der Waals surface area contributed by atoms with Gasteiger partial charge in [0.05, 0.1) is 5.69 Å². The van der Waals surface area contributed by atoms with Gasteiger partial charge in [-0.2, -0.15) is 5.10 Å². The third kappa shape index (κ3) is 2.26. The number of nitrogens with one attached hydrogen (secondary N) is 2. The number of benzene rings is 1. The van der Waals surface area contributed by atoms with Gasteiger partial charge in [-0.25, -0.2) is 8.78 Å². The molecule has 1 aliphatic carbocycles. The van der Waals surface area contributed by atoms with Crippen LogP contribution in [0.3, 0.4) is 0 Å². The van der Waals surface area contributed by atoms with Gasteiger partial charge in [0, 0.05) is 47.6 Å². The highest BCUT2D eigenvalue weighted by atomic mass is 19.2. The van der Waals surface area contributed by atoms with E-state index in [9.17, 15) is 13.6 Å². The third-order valence-electron chi connectivity index (χ3n) is 5.67. The Kier molecular flexibility index (Phi) is 3.38. The van der Waals surface area contributed by atoms with E-state index in [-0.39, 0.29) is 17.0 Å². The number of hydrogen-bond donors (Lipinski definition) is 2. The third-order valence-corrected chi connectivity index (χ3v) is 5.67. The second kappa shape index (κ2) is 5.65. The lowest BCUT2D eigenvalue weighted by Crippen LogP contribution is -2.36. The summed E-state index contributed by atoms with van der Waals surface area (Å²) in [5, 5.41) is 7.70. The van der Waals surface area contributed by atoms with Crippen LogP contribution in [0.5, 0.6) is 0 Å². The van der Waals surface area contributed by atoms with E-state index in [4.69, 9.17) is 0 Å². The van der Waals surface area contributed by atoms with E-state index in [1.54, 1.807) is 4.90 Å². The van der Waals surface area contributed by atoms with Crippen molar-refractivity contribution in [3.8, 4) is 0 Å². The van der Waals surface area contributed by atoms with Crippen LogP contribution in [0.15, 0.2) is 18.2 Å². The van der Waals surface area contributed by atoms with Crippen molar-refractivity contribution < 1.29 is 13.6 Å². The van der Waals surface area contributed by atoms with Gasteiger partial charge in [-0.3, -0.25) is 9.89 Å². The molecule has 2 aliphatic rings. The van der Waals surface area contributed by atoms with Crippen LogP contribution < -0.4 is 0 Å². The SMILES string of the molecule is O=C(c1cc2c(F)c(F)ccc2[nH]1)N1CCc2[nH]nc(C3CCC3)c2C1. The molecule has 5 rings (SSSR count). The Morgan fingerprint density at radius 3 is 2.88 bits per heavy atom. The zero-order chi connectivity index (χ0) is 17.8. The molecule has 0 unspecified atom stereocenters. The van der Waals surface area contributed by atoms with E-state index >= 15 is 0 Å². The van der Waals surface area contributed by atoms with E-state index in [2.05, 4.69) is 15.2 Å². The molecule has 0 radical (unpaired) electrons. The molecular weight excluding hydrogens is 338 g/mol. The molecule has 1 saturated carbocycles. The quantitative estimate of drug-likeness (QED) is 0.736. The average molecular weight is 356 g/mol. The Morgan fingerprint density at radius 2 is 2.12 bits per heavy atom. The second-order valence-electron chi connectivity index (χ2n) is 7.18. The van der Waals surface area contributed by atoms with Gasteiger partial charge in [0.1, 0.15) is 5.69 Å². The maximum atomic E-state index is 13.9. The fourth-order valence-corrected chi connectivity index (χ4v) is 3.94. The number of rotatable bonds is 2. The Hall–Kier alpha value is -2.70. The minimum Gasteiger partial charge on any atom is -0.350 e. The fourth-order valence-electron chi connectivity index (χ4n) is 3.94. The van der Waals surface area contributed by atoms with Crippen molar-refractivity contribution >= 4 is 16.8 Å². The molecule has 1 fully saturated rings. The smallest absolute Gasteiger partial charge is 0.270 e. The normalized spacial score (nSPS) is 17.4. The number of carbonyl (C=O) groups is 1. The van der Waals surface area contributed by atoms with Crippen LogP contribution in [0.25, 0.3) is 10.9 Å². The van der Waals surface area contributed by atoms with Crippen molar-refractivity contribution in [1.29, 1.82) is 0 Å². The van der Waals surface area contributed by atoms with Crippen LogP contribution in [0.2, 0.25) is 0 Å². The number of H-pyrrole nitrogens is 2. The first kappa shape index (κ1) is 15.5. The summed E-state index contributed by atoms with van der Waals surface area (Å²) < 4.78 is 27.3. The predicted molar refractivity (Wildman–Crippen MR) is 91.8 cm³/mol. The molecular formula is C19H18F2N4O. The number of fused-ring (bicyclic) bond motifs is 2. The van der Waals surface area contributed by atoms with Gasteiger partial charge >= 0.3 is 0 Å². The highest BCUT2D eigenvalue weighted by molar-refractivity contribution is 5.98. The molecule has 0 bridgehead atoms. The van der Waals surface area contributed by atoms with Crippen LogP contribution in [-0.4, -0.2) is 32.5 Å². The number of halogens is 2. The molecule has 134 valence electrons. The molecule has 7 heteroatoms. The number of aromatic amines is 2. The molecule has 1 aliphatic heterocycles. The van der Waals surface area contributed by atoms with Crippen LogP contribution in [0.4, 0.5) is 8.78 Å². The lowest BCUT2D eigenvalue weighted by molar-refractivity contribution is 0.0728. The zero-order valence-corrected chi connectivity index (χ0v) is 14.1. The summed E-state index contributed by atoms with van der Waals surface area (Å²) in [5.74, 6) is -1.55. The summed E-state index contributed by atoms with van der Waals surface area (Å²) in [6.45, 7) is 1.08. The van der Waals surface area contributed by atoms with E-state index in [1.807, 2.05) is 0 Å². The van der Waals surface area contributed by atoms with Gasteiger partial charge in [-0.1, -0.05) is 6.42 Å². The van der Waals surface area contributed by atoms with Gasteiger partial charge in [0.2, 0.25) is 0 Å². The summed E-state index contributed by atoms with van der Waals surface area (Å²) in [7, 11) is 0. The summed E-state index contributed by atoms with van der Waals surface area (Å²) in [6.07, 6.45) is 4.26. The number of amides is 1. The topological polar surface area (TPSA) is 64.8 Å². The summed E-state index contributed by atoms with van der Waals surface area (Å²) in [6, 6.07) is 3.91. The summed E-state index contributed by atoms with van der Waals surface area (Å²) in [5.41, 5.74) is 4.03. The monoisotopic (exact) mass is 356 g/mol. The molecule has 3 heterocycles. The van der Waals surface area contributed by atoms with Crippen molar-refractivity contribution in [3.05, 3.63) is 52.5 Å². The van der Waals surface area contributed by atoms with Crippen LogP contribution in [-0.2, 0) is 13.0 Å². The summed E-state index contributed by atoms with van der Waals surface area (Å²) in [4.78, 5) is 17.6. The zero-order valence-electron chi connectivity index (χ0n) is 14.1. The number of carbonyl (C=O) groups excluding carboxylic acids is 1. The van der Waals surface area contributed by atoms with Crippen LogP contribution in [0.1, 0.15) is 52.6 Å². The minimum absolute atomic E-state index is 0.101. The fraction of sp³-hybridized carbons (Fsp3) is 0.368. The Balaban J connectivity index is 1.45. The molecule has 2 N–H and O–H groups in total. The Labute approximate surface area is 148 Å². The molecule has 1 amide bonds. The van der Waals surface area contributed by atoms with E-state index in [0.717, 1.165) is 42.3 Å². The van der Waals surface area contributed by atoms with Gasteiger partial charge in [0.15, 0.2) is 11.6 Å². The van der Waals surface area contributed by atoms with E-state index in [1.165, 1.54) is 18.6 Å². The first-order valence-electron chi connectivity index (χ1n) is 8.94. The molecule has 2 aromatic heterocycles. The standard InChI is InChI=1S/C19H18F2N4O/c20-13-4-5-14-11(17(13)21)8-16(22-14)19(26)25-7-6-15-12(9-25)18(24-23-15)10-2-1-3-10/h4-5,8,10,22H,1-3,6-7,9H2,(H,23,24). The van der Waals surface area contributed by atoms with Crippen molar-refractivity contribution in [2.24, 2.45) is 0 Å². The molecule has 0 spiro atoms. The summed E-state index contributed by atoms with van der Waals surface area (Å²) >= 11 is 0. The van der Waals surface area contributed by atoms with Crippen molar-refractivity contribution in [2.45, 2.75) is 38.1 Å². The van der Waals surface area contributed by atoms with Gasteiger partial charge in [-0.05, 0) is 31.0 Å². The highest BCUT2D eigenvalue weighted by Gasteiger charge is 2.31.